The van der Waals surface area contributed by atoms with Crippen LogP contribution in [0.15, 0.2) is 6.07 Å². The highest BCUT2D eigenvalue weighted by Crippen LogP contribution is 2.04. The van der Waals surface area contributed by atoms with E-state index in [9.17, 15) is 4.79 Å². The number of nitrogens with zero attached hydrogens (tertiary/aromatic N) is 2. The molecule has 0 spiro atoms. The van der Waals surface area contributed by atoms with Crippen LogP contribution >= 0.6 is 0 Å². The standard InChI is InChI=1S/C6H9N3O/c1-5-3-6(7-4-10)8-9(5)2/h3-4H,1-2H3,(H,7,8,10). The Bertz CT molecular complexity index is 222. The molecule has 0 bridgehead atoms. The smallest absolute Gasteiger partial charge is 0.212 e. The lowest BCUT2D eigenvalue weighted by molar-refractivity contribution is -0.105. The second kappa shape index (κ2) is 2.51. The van der Waals surface area contributed by atoms with Gasteiger partial charge in [-0.2, -0.15) is 5.10 Å². The predicted molar refractivity (Wildman–Crippen MR) is 37.6 cm³/mol. The number of aryl methyl sites for hydroxylation is 2. The predicted octanol–water partition coefficient (Wildman–Crippen LogP) is 0.297. The molecule has 1 rings (SSSR count). The summed E-state index contributed by atoms with van der Waals surface area (Å²) in [6.07, 6.45) is 0.613. The summed E-state index contributed by atoms with van der Waals surface area (Å²) in [6, 6.07) is 1.80. The maximum Gasteiger partial charge on any atom is 0.212 e. The zero-order valence-electron chi connectivity index (χ0n) is 5.96. The minimum atomic E-state index is 0.593. The minimum Gasteiger partial charge on any atom is -0.312 e. The van der Waals surface area contributed by atoms with Crippen molar-refractivity contribution in [2.75, 3.05) is 5.32 Å². The summed E-state index contributed by atoms with van der Waals surface area (Å²) in [7, 11) is 1.82. The van der Waals surface area contributed by atoms with Crippen LogP contribution in [0, 0.1) is 6.92 Å². The van der Waals surface area contributed by atoms with E-state index < -0.39 is 0 Å². The minimum absolute atomic E-state index is 0.593. The van der Waals surface area contributed by atoms with E-state index in [0.717, 1.165) is 5.69 Å². The van der Waals surface area contributed by atoms with E-state index in [1.807, 2.05) is 14.0 Å². The monoisotopic (exact) mass is 139 g/mol. The number of rotatable bonds is 2. The Balaban J connectivity index is 2.86. The van der Waals surface area contributed by atoms with Crippen LogP contribution < -0.4 is 5.32 Å². The molecule has 1 aromatic rings. The molecule has 0 saturated heterocycles. The fourth-order valence-electron chi connectivity index (χ4n) is 0.692. The van der Waals surface area contributed by atoms with Gasteiger partial charge in [0.25, 0.3) is 0 Å². The van der Waals surface area contributed by atoms with E-state index >= 15 is 0 Å². The molecule has 1 aromatic heterocycles. The number of hydrogen-bond acceptors (Lipinski definition) is 2. The van der Waals surface area contributed by atoms with Crippen molar-refractivity contribution in [3.05, 3.63) is 11.8 Å². The molecule has 0 aliphatic rings. The van der Waals surface area contributed by atoms with Crippen molar-refractivity contribution >= 4 is 12.2 Å². The van der Waals surface area contributed by atoms with Crippen LogP contribution in [0.5, 0.6) is 0 Å². The van der Waals surface area contributed by atoms with E-state index in [-0.39, 0.29) is 0 Å². The number of nitrogens with one attached hydrogen (secondary N) is 1. The molecule has 1 heterocycles. The van der Waals surface area contributed by atoms with Gasteiger partial charge in [0.1, 0.15) is 0 Å². The molecule has 0 aromatic carbocycles. The van der Waals surface area contributed by atoms with Crippen LogP contribution in [0.25, 0.3) is 0 Å². The Morgan fingerprint density at radius 3 is 2.90 bits per heavy atom. The Kier molecular flexibility index (Phi) is 1.71. The van der Waals surface area contributed by atoms with Gasteiger partial charge in [-0.1, -0.05) is 0 Å². The molecule has 4 heteroatoms. The number of hydrogen-bond donors (Lipinski definition) is 1. The number of aromatic nitrogens is 2. The van der Waals surface area contributed by atoms with Gasteiger partial charge in [-0.3, -0.25) is 9.48 Å². The number of anilines is 1. The summed E-state index contributed by atoms with van der Waals surface area (Å²) in [5.41, 5.74) is 1.02. The van der Waals surface area contributed by atoms with E-state index in [1.54, 1.807) is 10.7 Å². The normalized spacial score (nSPS) is 9.40. The summed E-state index contributed by atoms with van der Waals surface area (Å²) in [6.45, 7) is 1.92. The van der Waals surface area contributed by atoms with E-state index in [2.05, 4.69) is 10.4 Å². The summed E-state index contributed by atoms with van der Waals surface area (Å²) in [5.74, 6) is 0.593. The maximum atomic E-state index is 9.93. The quantitative estimate of drug-likeness (QED) is 0.599. The molecule has 0 radical (unpaired) electrons. The van der Waals surface area contributed by atoms with Gasteiger partial charge in [-0.15, -0.1) is 0 Å². The molecule has 0 saturated carbocycles. The van der Waals surface area contributed by atoms with Gasteiger partial charge in [-0.25, -0.2) is 0 Å². The molecule has 0 atom stereocenters. The van der Waals surface area contributed by atoms with Gasteiger partial charge in [0, 0.05) is 18.8 Å². The van der Waals surface area contributed by atoms with Gasteiger partial charge in [0.05, 0.1) is 0 Å². The van der Waals surface area contributed by atoms with Crippen molar-refractivity contribution in [1.82, 2.24) is 9.78 Å². The third kappa shape index (κ3) is 1.15. The molecule has 1 amide bonds. The second-order valence-corrected chi connectivity index (χ2v) is 2.06. The average Bonchev–Trinajstić information content (AvgIpc) is 2.14. The van der Waals surface area contributed by atoms with Crippen molar-refractivity contribution in [2.45, 2.75) is 6.92 Å². The lowest BCUT2D eigenvalue weighted by atomic mass is 10.5. The van der Waals surface area contributed by atoms with Gasteiger partial charge in [0.2, 0.25) is 6.41 Å². The van der Waals surface area contributed by atoms with Gasteiger partial charge >= 0.3 is 0 Å². The van der Waals surface area contributed by atoms with Crippen LogP contribution in [0.1, 0.15) is 5.69 Å². The number of carbonyl (C=O) groups excluding carboxylic acids is 1. The van der Waals surface area contributed by atoms with Crippen molar-refractivity contribution in [1.29, 1.82) is 0 Å². The van der Waals surface area contributed by atoms with Crippen molar-refractivity contribution in [3.8, 4) is 0 Å². The maximum absolute atomic E-state index is 9.93. The van der Waals surface area contributed by atoms with Crippen LogP contribution in [0.3, 0.4) is 0 Å². The third-order valence-electron chi connectivity index (χ3n) is 1.32. The van der Waals surface area contributed by atoms with Crippen molar-refractivity contribution in [2.24, 2.45) is 7.05 Å². The molecule has 0 aliphatic carbocycles. The summed E-state index contributed by atoms with van der Waals surface area (Å²) < 4.78 is 1.70. The third-order valence-corrected chi connectivity index (χ3v) is 1.32. The van der Waals surface area contributed by atoms with Crippen molar-refractivity contribution in [3.63, 3.8) is 0 Å². The number of carbonyl (C=O) groups is 1. The number of amides is 1. The summed E-state index contributed by atoms with van der Waals surface area (Å²) >= 11 is 0. The molecule has 54 valence electrons. The fourth-order valence-corrected chi connectivity index (χ4v) is 0.692. The van der Waals surface area contributed by atoms with Crippen LogP contribution in [0.4, 0.5) is 5.82 Å². The van der Waals surface area contributed by atoms with E-state index in [4.69, 9.17) is 0 Å². The highest BCUT2D eigenvalue weighted by Gasteiger charge is 1.96. The largest absolute Gasteiger partial charge is 0.312 e. The first-order chi connectivity index (χ1) is 4.74. The summed E-state index contributed by atoms with van der Waals surface area (Å²) in [5, 5.41) is 6.43. The van der Waals surface area contributed by atoms with Crippen LogP contribution in [-0.4, -0.2) is 16.2 Å². The zero-order chi connectivity index (χ0) is 7.56. The lowest BCUT2D eigenvalue weighted by Crippen LogP contribution is -1.96. The van der Waals surface area contributed by atoms with Crippen LogP contribution in [0.2, 0.25) is 0 Å². The lowest BCUT2D eigenvalue weighted by Gasteiger charge is -1.88. The van der Waals surface area contributed by atoms with E-state index in [0.29, 0.717) is 12.2 Å². The molecule has 0 fully saturated rings. The molecule has 4 nitrogen and oxygen atoms in total. The molecule has 0 aliphatic heterocycles. The van der Waals surface area contributed by atoms with Gasteiger partial charge < -0.3 is 5.32 Å². The Labute approximate surface area is 58.8 Å². The average molecular weight is 139 g/mol. The Morgan fingerprint density at radius 2 is 2.50 bits per heavy atom. The molecular formula is C6H9N3O. The molecule has 10 heavy (non-hydrogen) atoms. The topological polar surface area (TPSA) is 46.9 Å². The molecule has 0 unspecified atom stereocenters. The highest BCUT2D eigenvalue weighted by molar-refractivity contribution is 5.68. The van der Waals surface area contributed by atoms with E-state index in [1.165, 1.54) is 0 Å². The zero-order valence-corrected chi connectivity index (χ0v) is 5.96. The van der Waals surface area contributed by atoms with Gasteiger partial charge in [-0.05, 0) is 6.92 Å². The molecule has 1 N–H and O–H groups in total. The van der Waals surface area contributed by atoms with Gasteiger partial charge in [0.15, 0.2) is 5.82 Å². The molecular weight excluding hydrogens is 130 g/mol. The first kappa shape index (κ1) is 6.80. The Hall–Kier alpha value is -1.32. The fraction of sp³-hybridized carbons (Fsp3) is 0.333. The second-order valence-electron chi connectivity index (χ2n) is 2.06. The highest BCUT2D eigenvalue weighted by atomic mass is 16.1. The first-order valence-corrected chi connectivity index (χ1v) is 2.95. The first-order valence-electron chi connectivity index (χ1n) is 2.95. The van der Waals surface area contributed by atoms with Crippen molar-refractivity contribution < 1.29 is 4.79 Å². The Morgan fingerprint density at radius 1 is 1.80 bits per heavy atom. The van der Waals surface area contributed by atoms with Crippen LogP contribution in [-0.2, 0) is 11.8 Å². The SMILES string of the molecule is Cc1cc(NC=O)nn1C. The summed E-state index contributed by atoms with van der Waals surface area (Å²) in [4.78, 5) is 9.93.